The van der Waals surface area contributed by atoms with Crippen molar-refractivity contribution in [3.63, 3.8) is 0 Å². The summed E-state index contributed by atoms with van der Waals surface area (Å²) >= 11 is 0. The number of benzene rings is 1. The Bertz CT molecular complexity index is 883. The molecule has 2 aromatic rings. The largest absolute Gasteiger partial charge is 0.335 e. The van der Waals surface area contributed by atoms with Crippen LogP contribution in [0.2, 0.25) is 0 Å². The van der Waals surface area contributed by atoms with Crippen molar-refractivity contribution in [2.75, 3.05) is 6.54 Å². The van der Waals surface area contributed by atoms with Crippen LogP contribution in [-0.4, -0.2) is 24.5 Å². The van der Waals surface area contributed by atoms with Crippen LogP contribution >= 0.6 is 0 Å². The lowest BCUT2D eigenvalue weighted by molar-refractivity contribution is 0.380. The van der Waals surface area contributed by atoms with E-state index in [1.165, 1.54) is 5.56 Å². The number of sulfonamides is 1. The Hall–Kier alpha value is -1.92. The number of aromatic nitrogens is 2. The van der Waals surface area contributed by atoms with Gasteiger partial charge >= 0.3 is 0 Å². The predicted octanol–water partition coefficient (Wildman–Crippen LogP) is 2.35. The van der Waals surface area contributed by atoms with Crippen LogP contribution in [0.1, 0.15) is 29.8 Å². The first kappa shape index (κ1) is 15.6. The quantitative estimate of drug-likeness (QED) is 0.927. The molecule has 1 aromatic carbocycles. The van der Waals surface area contributed by atoms with E-state index in [0.717, 1.165) is 37.2 Å². The molecule has 6 heteroatoms. The molecule has 1 N–H and O–H groups in total. The van der Waals surface area contributed by atoms with Gasteiger partial charge in [0.05, 0.1) is 4.91 Å². The van der Waals surface area contributed by atoms with Gasteiger partial charge in [0.1, 0.15) is 5.82 Å². The Morgan fingerprint density at radius 2 is 2.12 bits per heavy atom. The molecule has 126 valence electrons. The first-order chi connectivity index (χ1) is 11.6. The van der Waals surface area contributed by atoms with Crippen LogP contribution in [0.3, 0.4) is 0 Å². The van der Waals surface area contributed by atoms with E-state index < -0.39 is 10.0 Å². The van der Waals surface area contributed by atoms with E-state index in [0.29, 0.717) is 23.8 Å². The second-order valence-electron chi connectivity index (χ2n) is 6.56. The fourth-order valence-electron chi connectivity index (χ4n) is 3.53. The summed E-state index contributed by atoms with van der Waals surface area (Å²) in [5.74, 6) is 1.36. The highest BCUT2D eigenvalue weighted by molar-refractivity contribution is 7.93. The van der Waals surface area contributed by atoms with Crippen molar-refractivity contribution in [2.45, 2.75) is 32.2 Å². The zero-order valence-electron chi connectivity index (χ0n) is 13.5. The van der Waals surface area contributed by atoms with Gasteiger partial charge in [0.15, 0.2) is 0 Å². The number of nitrogens with one attached hydrogen (secondary N) is 1. The fourth-order valence-corrected chi connectivity index (χ4v) is 4.82. The SMILES string of the molecule is O=S(=O)(NC[C@@H]1CCn2ccnc2C1)C1=Cc2ccccc2CC1. The summed E-state index contributed by atoms with van der Waals surface area (Å²) in [7, 11) is -3.41. The van der Waals surface area contributed by atoms with E-state index in [1.54, 1.807) is 0 Å². The lowest BCUT2D eigenvalue weighted by Crippen LogP contribution is -2.34. The number of nitrogens with zero attached hydrogens (tertiary/aromatic N) is 2. The highest BCUT2D eigenvalue weighted by Gasteiger charge is 2.24. The van der Waals surface area contributed by atoms with Crippen molar-refractivity contribution in [3.05, 3.63) is 58.5 Å². The van der Waals surface area contributed by atoms with Gasteiger partial charge in [-0.25, -0.2) is 18.1 Å². The van der Waals surface area contributed by atoms with E-state index in [-0.39, 0.29) is 0 Å². The summed E-state index contributed by atoms with van der Waals surface area (Å²) < 4.78 is 30.2. The maximum Gasteiger partial charge on any atom is 0.236 e. The molecule has 5 nitrogen and oxygen atoms in total. The van der Waals surface area contributed by atoms with E-state index in [1.807, 2.05) is 36.7 Å². The second-order valence-corrected chi connectivity index (χ2v) is 8.38. The molecule has 1 atom stereocenters. The minimum atomic E-state index is -3.41. The molecule has 0 saturated heterocycles. The smallest absolute Gasteiger partial charge is 0.236 e. The summed E-state index contributed by atoms with van der Waals surface area (Å²) in [5.41, 5.74) is 2.24. The van der Waals surface area contributed by atoms with Crippen molar-refractivity contribution in [3.8, 4) is 0 Å². The first-order valence-electron chi connectivity index (χ1n) is 8.40. The Morgan fingerprint density at radius 1 is 1.25 bits per heavy atom. The van der Waals surface area contributed by atoms with E-state index >= 15 is 0 Å². The highest BCUT2D eigenvalue weighted by Crippen LogP contribution is 2.27. The van der Waals surface area contributed by atoms with Crippen molar-refractivity contribution >= 4 is 16.1 Å². The van der Waals surface area contributed by atoms with Crippen molar-refractivity contribution < 1.29 is 8.42 Å². The first-order valence-corrected chi connectivity index (χ1v) is 9.88. The van der Waals surface area contributed by atoms with Crippen molar-refractivity contribution in [1.29, 1.82) is 0 Å². The average Bonchev–Trinajstić information content (AvgIpc) is 3.07. The molecule has 0 bridgehead atoms. The van der Waals surface area contributed by atoms with Crippen molar-refractivity contribution in [1.82, 2.24) is 14.3 Å². The zero-order chi connectivity index (χ0) is 16.6. The molecule has 1 aliphatic heterocycles. The fraction of sp³-hybridized carbons (Fsp3) is 0.389. The Morgan fingerprint density at radius 3 is 3.04 bits per heavy atom. The molecular weight excluding hydrogens is 322 g/mol. The maximum absolute atomic E-state index is 12.6. The topological polar surface area (TPSA) is 64.0 Å². The lowest BCUT2D eigenvalue weighted by Gasteiger charge is -2.24. The summed E-state index contributed by atoms with van der Waals surface area (Å²) in [6.07, 6.45) is 8.78. The summed E-state index contributed by atoms with van der Waals surface area (Å²) in [5, 5.41) is 0. The maximum atomic E-state index is 12.6. The Labute approximate surface area is 142 Å². The van der Waals surface area contributed by atoms with Gasteiger partial charge in [-0.2, -0.15) is 0 Å². The molecule has 1 aromatic heterocycles. The predicted molar refractivity (Wildman–Crippen MR) is 93.7 cm³/mol. The van der Waals surface area contributed by atoms with Gasteiger partial charge < -0.3 is 4.57 Å². The van der Waals surface area contributed by atoms with Gasteiger partial charge in [-0.15, -0.1) is 0 Å². The summed E-state index contributed by atoms with van der Waals surface area (Å²) in [6.45, 7) is 1.39. The molecule has 2 heterocycles. The van der Waals surface area contributed by atoms with Gasteiger partial charge in [-0.3, -0.25) is 0 Å². The minimum absolute atomic E-state index is 0.311. The molecule has 1 aliphatic carbocycles. The van der Waals surface area contributed by atoms with Gasteiger partial charge in [0.25, 0.3) is 0 Å². The van der Waals surface area contributed by atoms with Crippen molar-refractivity contribution in [2.24, 2.45) is 5.92 Å². The molecule has 4 rings (SSSR count). The third kappa shape index (κ3) is 3.03. The van der Waals surface area contributed by atoms with Gasteiger partial charge in [0.2, 0.25) is 10.0 Å². The molecule has 0 unspecified atom stereocenters. The number of aryl methyl sites for hydroxylation is 2. The molecule has 0 amide bonds. The highest BCUT2D eigenvalue weighted by atomic mass is 32.2. The third-order valence-corrected chi connectivity index (χ3v) is 6.53. The van der Waals surface area contributed by atoms with Gasteiger partial charge in [0, 0.05) is 31.9 Å². The van der Waals surface area contributed by atoms with E-state index in [2.05, 4.69) is 20.3 Å². The molecule has 0 saturated carbocycles. The molecular formula is C18H21N3O2S. The zero-order valence-corrected chi connectivity index (χ0v) is 14.3. The van der Waals surface area contributed by atoms with Crippen LogP contribution < -0.4 is 4.72 Å². The number of hydrogen-bond donors (Lipinski definition) is 1. The summed E-state index contributed by atoms with van der Waals surface area (Å²) in [4.78, 5) is 4.84. The number of allylic oxidation sites excluding steroid dienone is 1. The van der Waals surface area contributed by atoms with Crippen LogP contribution in [0.25, 0.3) is 6.08 Å². The average molecular weight is 343 g/mol. The Balaban J connectivity index is 1.44. The Kier molecular flexibility index (Phi) is 4.02. The summed E-state index contributed by atoms with van der Waals surface area (Å²) in [6, 6.07) is 7.98. The number of fused-ring (bicyclic) bond motifs is 2. The second kappa shape index (κ2) is 6.18. The lowest BCUT2D eigenvalue weighted by atomic mass is 9.98. The molecule has 0 fully saturated rings. The monoisotopic (exact) mass is 343 g/mol. The number of imidazole rings is 1. The van der Waals surface area contributed by atoms with Gasteiger partial charge in [-0.05, 0) is 42.4 Å². The standard InChI is InChI=1S/C18H21N3O2S/c22-24(23,17-6-5-15-3-1-2-4-16(15)12-17)20-13-14-7-9-21-10-8-19-18(21)11-14/h1-4,8,10,12,14,20H,5-7,9,11,13H2/t14-/m1/s1. The van der Waals surface area contributed by atoms with Crippen LogP contribution in [-0.2, 0) is 29.4 Å². The van der Waals surface area contributed by atoms with Crippen LogP contribution in [0, 0.1) is 5.92 Å². The van der Waals surface area contributed by atoms with E-state index in [9.17, 15) is 8.42 Å². The molecule has 24 heavy (non-hydrogen) atoms. The van der Waals surface area contributed by atoms with Crippen LogP contribution in [0.4, 0.5) is 0 Å². The van der Waals surface area contributed by atoms with Crippen LogP contribution in [0.5, 0.6) is 0 Å². The molecule has 0 spiro atoms. The molecule has 2 aliphatic rings. The molecule has 0 radical (unpaired) electrons. The number of hydrogen-bond acceptors (Lipinski definition) is 3. The minimum Gasteiger partial charge on any atom is -0.335 e. The number of rotatable bonds is 4. The van der Waals surface area contributed by atoms with E-state index in [4.69, 9.17) is 0 Å². The van der Waals surface area contributed by atoms with Crippen LogP contribution in [0.15, 0.2) is 41.6 Å². The third-order valence-electron chi connectivity index (χ3n) is 4.97. The van der Waals surface area contributed by atoms with Gasteiger partial charge in [-0.1, -0.05) is 24.3 Å². The normalized spacial score (nSPS) is 20.2.